The molecule has 0 atom stereocenters. The van der Waals surface area contributed by atoms with Gasteiger partial charge in [-0.15, -0.1) is 0 Å². The summed E-state index contributed by atoms with van der Waals surface area (Å²) in [6.45, 7) is 1.88. The normalized spacial score (nSPS) is 10.7. The van der Waals surface area contributed by atoms with E-state index in [4.69, 9.17) is 16.3 Å². The fourth-order valence-electron chi connectivity index (χ4n) is 1.42. The van der Waals surface area contributed by atoms with Gasteiger partial charge in [0.2, 0.25) is 0 Å². The van der Waals surface area contributed by atoms with Crippen molar-refractivity contribution in [2.24, 2.45) is 0 Å². The van der Waals surface area contributed by atoms with Crippen molar-refractivity contribution in [3.05, 3.63) is 33.4 Å². The van der Waals surface area contributed by atoms with E-state index in [2.05, 4.69) is 20.9 Å². The van der Waals surface area contributed by atoms with Crippen LogP contribution in [0.1, 0.15) is 5.69 Å². The minimum absolute atomic E-state index is 0.660. The van der Waals surface area contributed by atoms with Gasteiger partial charge in [0.25, 0.3) is 0 Å². The molecule has 0 aliphatic rings. The van der Waals surface area contributed by atoms with E-state index < -0.39 is 0 Å². The topological polar surface area (TPSA) is 22.1 Å². The Morgan fingerprint density at radius 2 is 2.13 bits per heavy atom. The summed E-state index contributed by atoms with van der Waals surface area (Å²) in [4.78, 5) is 4.40. The molecule has 0 radical (unpaired) electrons. The van der Waals surface area contributed by atoms with Gasteiger partial charge in [0, 0.05) is 15.9 Å². The van der Waals surface area contributed by atoms with E-state index in [9.17, 15) is 0 Å². The molecule has 0 amide bonds. The van der Waals surface area contributed by atoms with E-state index in [0.717, 1.165) is 26.8 Å². The lowest BCUT2D eigenvalue weighted by molar-refractivity contribution is 0.415. The molecule has 0 fully saturated rings. The Morgan fingerprint density at radius 3 is 2.80 bits per heavy atom. The molecule has 0 unspecified atom stereocenters. The predicted molar refractivity (Wildman–Crippen MR) is 65.7 cm³/mol. The van der Waals surface area contributed by atoms with Crippen LogP contribution >= 0.6 is 27.5 Å². The molecular weight excluding hydrogens is 277 g/mol. The van der Waals surface area contributed by atoms with E-state index in [1.54, 1.807) is 7.11 Å². The first kappa shape index (κ1) is 10.7. The third-order valence-corrected chi connectivity index (χ3v) is 3.75. The second-order valence-corrected chi connectivity index (χ2v) is 4.38. The summed E-state index contributed by atoms with van der Waals surface area (Å²) < 4.78 is 6.03. The van der Waals surface area contributed by atoms with E-state index in [1.807, 2.05) is 25.1 Å². The van der Waals surface area contributed by atoms with Crippen LogP contribution in [0.2, 0.25) is 5.02 Å². The zero-order chi connectivity index (χ0) is 11.0. The number of ether oxygens (including phenoxy) is 1. The fraction of sp³-hybridized carbons (Fsp3) is 0.182. The monoisotopic (exact) mass is 285 g/mol. The van der Waals surface area contributed by atoms with Crippen LogP contribution in [0.4, 0.5) is 0 Å². The van der Waals surface area contributed by atoms with Gasteiger partial charge in [-0.2, -0.15) is 0 Å². The molecule has 0 bridgehead atoms. The highest BCUT2D eigenvalue weighted by atomic mass is 79.9. The number of pyridine rings is 1. The second kappa shape index (κ2) is 3.99. The van der Waals surface area contributed by atoms with Crippen LogP contribution in [0, 0.1) is 6.92 Å². The van der Waals surface area contributed by atoms with Gasteiger partial charge in [-0.25, -0.2) is 0 Å². The van der Waals surface area contributed by atoms with Crippen LogP contribution in [-0.4, -0.2) is 12.1 Å². The number of fused-ring (bicyclic) bond motifs is 1. The van der Waals surface area contributed by atoms with E-state index >= 15 is 0 Å². The number of halogens is 2. The molecule has 0 aliphatic carbocycles. The summed E-state index contributed by atoms with van der Waals surface area (Å²) in [5, 5.41) is 1.65. The Labute approximate surface area is 101 Å². The van der Waals surface area contributed by atoms with E-state index in [0.29, 0.717) is 5.02 Å². The van der Waals surface area contributed by atoms with Crippen LogP contribution < -0.4 is 4.74 Å². The first-order valence-electron chi connectivity index (χ1n) is 4.43. The van der Waals surface area contributed by atoms with Crippen LogP contribution in [0.15, 0.2) is 22.7 Å². The summed E-state index contributed by atoms with van der Waals surface area (Å²) >= 11 is 9.55. The maximum atomic E-state index is 6.09. The lowest BCUT2D eigenvalue weighted by Crippen LogP contribution is -1.89. The number of aryl methyl sites for hydroxylation is 1. The molecule has 78 valence electrons. The summed E-state index contributed by atoms with van der Waals surface area (Å²) in [6.07, 6.45) is 0. The maximum Gasteiger partial charge on any atom is 0.121 e. The van der Waals surface area contributed by atoms with Gasteiger partial charge in [0.05, 0.1) is 23.3 Å². The maximum absolute atomic E-state index is 6.09. The Kier molecular flexibility index (Phi) is 2.85. The summed E-state index contributed by atoms with van der Waals surface area (Å²) in [5.41, 5.74) is 1.69. The number of methoxy groups -OCH3 is 1. The van der Waals surface area contributed by atoms with Crippen molar-refractivity contribution in [2.75, 3.05) is 7.11 Å². The highest BCUT2D eigenvalue weighted by molar-refractivity contribution is 9.10. The summed E-state index contributed by atoms with van der Waals surface area (Å²) in [5.74, 6) is 0.795. The lowest BCUT2D eigenvalue weighted by Gasteiger charge is -2.07. The number of hydrogen-bond donors (Lipinski definition) is 0. The molecule has 2 aromatic rings. The van der Waals surface area contributed by atoms with E-state index in [-0.39, 0.29) is 0 Å². The Bertz CT molecular complexity index is 527. The Balaban J connectivity index is 2.80. The van der Waals surface area contributed by atoms with Gasteiger partial charge in [-0.3, -0.25) is 4.98 Å². The van der Waals surface area contributed by atoms with Gasteiger partial charge < -0.3 is 4.74 Å². The summed E-state index contributed by atoms with van der Waals surface area (Å²) in [6, 6.07) is 5.72. The van der Waals surface area contributed by atoms with Gasteiger partial charge in [-0.1, -0.05) is 11.6 Å². The van der Waals surface area contributed by atoms with Gasteiger partial charge in [0.15, 0.2) is 0 Å². The molecule has 0 saturated carbocycles. The van der Waals surface area contributed by atoms with Gasteiger partial charge in [0.1, 0.15) is 5.75 Å². The number of rotatable bonds is 1. The number of benzene rings is 1. The molecule has 15 heavy (non-hydrogen) atoms. The largest absolute Gasteiger partial charge is 0.497 e. The third-order valence-electron chi connectivity index (χ3n) is 2.24. The average molecular weight is 287 g/mol. The molecule has 0 aliphatic heterocycles. The molecule has 0 N–H and O–H groups in total. The molecule has 4 heteroatoms. The first-order valence-corrected chi connectivity index (χ1v) is 5.60. The Hall–Kier alpha value is -0.800. The average Bonchev–Trinajstić information content (AvgIpc) is 2.25. The molecule has 1 heterocycles. The van der Waals surface area contributed by atoms with Gasteiger partial charge in [-0.05, 0) is 35.0 Å². The quantitative estimate of drug-likeness (QED) is 0.791. The third kappa shape index (κ3) is 1.82. The molecular formula is C11H9BrClNO. The molecule has 0 saturated heterocycles. The number of nitrogens with zero attached hydrogens (tertiary/aromatic N) is 1. The molecule has 1 aromatic carbocycles. The lowest BCUT2D eigenvalue weighted by atomic mass is 10.2. The zero-order valence-corrected chi connectivity index (χ0v) is 10.7. The molecule has 1 aromatic heterocycles. The van der Waals surface area contributed by atoms with Crippen molar-refractivity contribution in [2.45, 2.75) is 6.92 Å². The smallest absolute Gasteiger partial charge is 0.121 e. The van der Waals surface area contributed by atoms with Crippen LogP contribution in [0.3, 0.4) is 0 Å². The standard InChI is InChI=1S/C11H9BrClNO/c1-6-11(13)10(12)8-4-3-7(15-2)5-9(8)14-6/h3-5H,1-2H3. The van der Waals surface area contributed by atoms with Gasteiger partial charge >= 0.3 is 0 Å². The van der Waals surface area contributed by atoms with Crippen molar-refractivity contribution in [3.8, 4) is 5.75 Å². The Morgan fingerprint density at radius 1 is 1.40 bits per heavy atom. The van der Waals surface area contributed by atoms with Crippen LogP contribution in [0.25, 0.3) is 10.9 Å². The molecule has 0 spiro atoms. The summed E-state index contributed by atoms with van der Waals surface area (Å²) in [7, 11) is 1.64. The molecule has 2 nitrogen and oxygen atoms in total. The van der Waals surface area contributed by atoms with Crippen molar-refractivity contribution in [3.63, 3.8) is 0 Å². The zero-order valence-electron chi connectivity index (χ0n) is 8.34. The number of hydrogen-bond acceptors (Lipinski definition) is 2. The van der Waals surface area contributed by atoms with Crippen molar-refractivity contribution in [1.29, 1.82) is 0 Å². The predicted octanol–water partition coefficient (Wildman–Crippen LogP) is 3.97. The first-order chi connectivity index (χ1) is 7.13. The minimum Gasteiger partial charge on any atom is -0.497 e. The fourth-order valence-corrected chi connectivity index (χ4v) is 2.19. The SMILES string of the molecule is COc1ccc2c(Br)c(Cl)c(C)nc2c1. The van der Waals surface area contributed by atoms with E-state index in [1.165, 1.54) is 0 Å². The highest BCUT2D eigenvalue weighted by Crippen LogP contribution is 2.33. The van der Waals surface area contributed by atoms with Crippen molar-refractivity contribution in [1.82, 2.24) is 4.98 Å². The van der Waals surface area contributed by atoms with Crippen molar-refractivity contribution < 1.29 is 4.74 Å². The van der Waals surface area contributed by atoms with Crippen LogP contribution in [0.5, 0.6) is 5.75 Å². The highest BCUT2D eigenvalue weighted by Gasteiger charge is 2.08. The number of aromatic nitrogens is 1. The second-order valence-electron chi connectivity index (χ2n) is 3.21. The van der Waals surface area contributed by atoms with Crippen molar-refractivity contribution >= 4 is 38.4 Å². The van der Waals surface area contributed by atoms with Crippen LogP contribution in [-0.2, 0) is 0 Å². The molecule has 2 rings (SSSR count). The minimum atomic E-state index is 0.660.